The van der Waals surface area contributed by atoms with Crippen LogP contribution in [0.2, 0.25) is 0 Å². The predicted octanol–water partition coefficient (Wildman–Crippen LogP) is 3.47. The number of hydrogen-bond donors (Lipinski definition) is 1. The third-order valence-corrected chi connectivity index (χ3v) is 4.89. The van der Waals surface area contributed by atoms with Crippen molar-refractivity contribution in [3.8, 4) is 0 Å². The van der Waals surface area contributed by atoms with Crippen LogP contribution in [-0.4, -0.2) is 24.5 Å². The number of nitrogens with one attached hydrogen (secondary N) is 1. The van der Waals surface area contributed by atoms with Crippen molar-refractivity contribution in [1.82, 2.24) is 5.32 Å². The van der Waals surface area contributed by atoms with E-state index in [4.69, 9.17) is 4.74 Å². The first-order valence-corrected chi connectivity index (χ1v) is 8.99. The van der Waals surface area contributed by atoms with Gasteiger partial charge in [-0.15, -0.1) is 0 Å². The Balaban J connectivity index is 1.75. The zero-order valence-electron chi connectivity index (χ0n) is 15.1. The molecular weight excluding hydrogens is 302 g/mol. The van der Waals surface area contributed by atoms with Gasteiger partial charge < -0.3 is 10.1 Å². The molecule has 1 aromatic carbocycles. The summed E-state index contributed by atoms with van der Waals surface area (Å²) in [6.45, 7) is 6.38. The highest BCUT2D eigenvalue weighted by atomic mass is 16.5. The highest BCUT2D eigenvalue weighted by molar-refractivity contribution is 5.83. The van der Waals surface area contributed by atoms with Crippen LogP contribution in [-0.2, 0) is 20.7 Å². The van der Waals surface area contributed by atoms with Crippen molar-refractivity contribution in [3.63, 3.8) is 0 Å². The standard InChI is InChI=1S/C20H29NO3/c1-14-9-10-18(11-15(14)2)12-19(22)24-16(3)20(23)21-13-17-7-5-4-6-8-17/h9-11,16-17H,4-8,12-13H2,1-3H3,(H,21,23)/t16-/m0/s1. The van der Waals surface area contributed by atoms with Gasteiger partial charge in [0, 0.05) is 6.54 Å². The first-order valence-electron chi connectivity index (χ1n) is 8.99. The number of benzene rings is 1. The molecule has 0 bridgehead atoms. The van der Waals surface area contributed by atoms with Gasteiger partial charge in [-0.1, -0.05) is 37.5 Å². The van der Waals surface area contributed by atoms with Crippen molar-refractivity contribution in [2.75, 3.05) is 6.54 Å². The SMILES string of the molecule is Cc1ccc(CC(=O)O[C@@H](C)C(=O)NCC2CCCCC2)cc1C. The van der Waals surface area contributed by atoms with Gasteiger partial charge in [0.05, 0.1) is 6.42 Å². The molecule has 0 radical (unpaired) electrons. The predicted molar refractivity (Wildman–Crippen MR) is 94.8 cm³/mol. The lowest BCUT2D eigenvalue weighted by Crippen LogP contribution is -2.39. The monoisotopic (exact) mass is 331 g/mol. The van der Waals surface area contributed by atoms with E-state index in [1.807, 2.05) is 32.0 Å². The second kappa shape index (κ2) is 8.86. The van der Waals surface area contributed by atoms with E-state index in [1.165, 1.54) is 37.7 Å². The fourth-order valence-corrected chi connectivity index (χ4v) is 3.15. The lowest BCUT2D eigenvalue weighted by molar-refractivity contribution is -0.154. The smallest absolute Gasteiger partial charge is 0.311 e. The summed E-state index contributed by atoms with van der Waals surface area (Å²) >= 11 is 0. The van der Waals surface area contributed by atoms with E-state index >= 15 is 0 Å². The molecule has 1 fully saturated rings. The minimum Gasteiger partial charge on any atom is -0.452 e. The minimum absolute atomic E-state index is 0.196. The van der Waals surface area contributed by atoms with Crippen LogP contribution in [0, 0.1) is 19.8 Å². The number of ether oxygens (including phenoxy) is 1. The Bertz CT molecular complexity index is 576. The summed E-state index contributed by atoms with van der Waals surface area (Å²) in [6, 6.07) is 5.92. The van der Waals surface area contributed by atoms with E-state index in [-0.39, 0.29) is 18.3 Å². The molecule has 2 rings (SSSR count). The second-order valence-corrected chi connectivity index (χ2v) is 6.98. The van der Waals surface area contributed by atoms with Gasteiger partial charge in [0.15, 0.2) is 6.10 Å². The highest BCUT2D eigenvalue weighted by Crippen LogP contribution is 2.22. The number of rotatable bonds is 6. The summed E-state index contributed by atoms with van der Waals surface area (Å²) in [5.74, 6) is 0.00807. The summed E-state index contributed by atoms with van der Waals surface area (Å²) in [4.78, 5) is 24.1. The van der Waals surface area contributed by atoms with Gasteiger partial charge in [0.2, 0.25) is 0 Å². The van der Waals surface area contributed by atoms with E-state index < -0.39 is 6.10 Å². The van der Waals surface area contributed by atoms with Gasteiger partial charge in [-0.05, 0) is 56.2 Å². The Morgan fingerprint density at radius 1 is 1.17 bits per heavy atom. The van der Waals surface area contributed by atoms with Crippen molar-refractivity contribution >= 4 is 11.9 Å². The second-order valence-electron chi connectivity index (χ2n) is 6.98. The van der Waals surface area contributed by atoms with E-state index in [1.54, 1.807) is 6.92 Å². The van der Waals surface area contributed by atoms with Crippen molar-refractivity contribution in [3.05, 3.63) is 34.9 Å². The quantitative estimate of drug-likeness (QED) is 0.812. The zero-order chi connectivity index (χ0) is 17.5. The highest BCUT2D eigenvalue weighted by Gasteiger charge is 2.20. The number of carbonyl (C=O) groups is 2. The van der Waals surface area contributed by atoms with Crippen LogP contribution in [0.15, 0.2) is 18.2 Å². The fraction of sp³-hybridized carbons (Fsp3) is 0.600. The van der Waals surface area contributed by atoms with E-state index in [0.717, 1.165) is 11.1 Å². The molecule has 0 heterocycles. The van der Waals surface area contributed by atoms with Crippen LogP contribution < -0.4 is 5.32 Å². The molecule has 1 N–H and O–H groups in total. The molecule has 4 nitrogen and oxygen atoms in total. The first-order chi connectivity index (χ1) is 11.5. The number of amides is 1. The van der Waals surface area contributed by atoms with E-state index in [0.29, 0.717) is 12.5 Å². The maximum atomic E-state index is 12.1. The van der Waals surface area contributed by atoms with Crippen LogP contribution in [0.25, 0.3) is 0 Å². The van der Waals surface area contributed by atoms with Crippen molar-refractivity contribution in [2.45, 2.75) is 65.4 Å². The van der Waals surface area contributed by atoms with Gasteiger partial charge in [-0.3, -0.25) is 9.59 Å². The first kappa shape index (κ1) is 18.5. The van der Waals surface area contributed by atoms with Crippen molar-refractivity contribution < 1.29 is 14.3 Å². The molecule has 1 aliphatic carbocycles. The molecule has 1 amide bonds. The molecule has 0 unspecified atom stereocenters. The van der Waals surface area contributed by atoms with E-state index in [2.05, 4.69) is 5.32 Å². The zero-order valence-corrected chi connectivity index (χ0v) is 15.1. The molecular formula is C20H29NO3. The molecule has 1 aliphatic rings. The summed E-state index contributed by atoms with van der Waals surface area (Å²) in [6.07, 6.45) is 5.62. The Morgan fingerprint density at radius 2 is 1.88 bits per heavy atom. The molecule has 0 aromatic heterocycles. The van der Waals surface area contributed by atoms with Crippen molar-refractivity contribution in [1.29, 1.82) is 0 Å². The van der Waals surface area contributed by atoms with Crippen LogP contribution in [0.1, 0.15) is 55.7 Å². The maximum Gasteiger partial charge on any atom is 0.311 e. The third-order valence-electron chi connectivity index (χ3n) is 4.89. The van der Waals surface area contributed by atoms with Gasteiger partial charge in [-0.25, -0.2) is 0 Å². The van der Waals surface area contributed by atoms with Gasteiger partial charge in [0.1, 0.15) is 0 Å². The average Bonchev–Trinajstić information content (AvgIpc) is 2.56. The Labute approximate surface area is 145 Å². The van der Waals surface area contributed by atoms with E-state index in [9.17, 15) is 9.59 Å². The van der Waals surface area contributed by atoms with Crippen LogP contribution >= 0.6 is 0 Å². The Morgan fingerprint density at radius 3 is 2.54 bits per heavy atom. The molecule has 1 saturated carbocycles. The number of carbonyl (C=O) groups excluding carboxylic acids is 2. The average molecular weight is 331 g/mol. The molecule has 0 aliphatic heterocycles. The molecule has 0 saturated heterocycles. The maximum absolute atomic E-state index is 12.1. The van der Waals surface area contributed by atoms with Gasteiger partial charge in [0.25, 0.3) is 5.91 Å². The normalized spacial score (nSPS) is 16.5. The molecule has 4 heteroatoms. The number of aryl methyl sites for hydroxylation is 2. The summed E-state index contributed by atoms with van der Waals surface area (Å²) < 4.78 is 5.28. The summed E-state index contributed by atoms with van der Waals surface area (Å²) in [5, 5.41) is 2.92. The molecule has 24 heavy (non-hydrogen) atoms. The molecule has 132 valence electrons. The van der Waals surface area contributed by atoms with Crippen LogP contribution in [0.4, 0.5) is 0 Å². The van der Waals surface area contributed by atoms with Crippen LogP contribution in [0.3, 0.4) is 0 Å². The van der Waals surface area contributed by atoms with Gasteiger partial charge >= 0.3 is 5.97 Å². The third kappa shape index (κ3) is 5.66. The molecule has 1 aromatic rings. The Kier molecular flexibility index (Phi) is 6.83. The molecule has 0 spiro atoms. The molecule has 1 atom stereocenters. The largest absolute Gasteiger partial charge is 0.452 e. The number of esters is 1. The minimum atomic E-state index is -0.743. The fourth-order valence-electron chi connectivity index (χ4n) is 3.15. The summed E-state index contributed by atoms with van der Waals surface area (Å²) in [7, 11) is 0. The van der Waals surface area contributed by atoms with Gasteiger partial charge in [-0.2, -0.15) is 0 Å². The number of hydrogen-bond acceptors (Lipinski definition) is 3. The lowest BCUT2D eigenvalue weighted by atomic mass is 9.89. The van der Waals surface area contributed by atoms with Crippen molar-refractivity contribution in [2.24, 2.45) is 5.92 Å². The van der Waals surface area contributed by atoms with Crippen LogP contribution in [0.5, 0.6) is 0 Å². The lowest BCUT2D eigenvalue weighted by Gasteiger charge is -2.22. The topological polar surface area (TPSA) is 55.4 Å². The Hall–Kier alpha value is -1.84. The summed E-state index contributed by atoms with van der Waals surface area (Å²) in [5.41, 5.74) is 3.26.